The van der Waals surface area contributed by atoms with Crippen LogP contribution in [-0.2, 0) is 33.1 Å². The van der Waals surface area contributed by atoms with Crippen LogP contribution in [0.3, 0.4) is 0 Å². The lowest BCUT2D eigenvalue weighted by atomic mass is 9.66. The van der Waals surface area contributed by atoms with Crippen LogP contribution in [0, 0.1) is 5.82 Å². The number of rotatable bonds is 4. The van der Waals surface area contributed by atoms with E-state index in [9.17, 15) is 27.5 Å². The third-order valence-corrected chi connectivity index (χ3v) is 6.85. The van der Waals surface area contributed by atoms with E-state index in [0.717, 1.165) is 24.5 Å². The number of hydrogen-bond acceptors (Lipinski definition) is 7. The molecule has 0 bridgehead atoms. The molecule has 1 fully saturated rings. The number of carbonyl (C=O) groups is 1. The summed E-state index contributed by atoms with van der Waals surface area (Å²) in [4.78, 5) is 29.6. The molecule has 1 saturated carbocycles. The number of ether oxygens (including phenoxy) is 1. The number of fused-ring (bicyclic) bond motifs is 2. The molecule has 0 radical (unpaired) electrons. The molecule has 4 rings (SSSR count). The normalized spacial score (nSPS) is 23.0. The number of nitrogens with one attached hydrogen (secondary N) is 1. The number of benzene rings is 1. The summed E-state index contributed by atoms with van der Waals surface area (Å²) in [7, 11) is -3.71. The Hall–Kier alpha value is -2.63. The number of carbonyl (C=O) groups excluding carboxylic acids is 1. The Balaban J connectivity index is 1.62. The van der Waals surface area contributed by atoms with Gasteiger partial charge in [-0.15, -0.1) is 0 Å². The van der Waals surface area contributed by atoms with Crippen molar-refractivity contribution in [1.82, 2.24) is 14.9 Å². The Morgan fingerprint density at radius 1 is 1.39 bits per heavy atom. The molecule has 1 aromatic carbocycles. The number of sulfone groups is 1. The molecule has 2 aromatic rings. The zero-order valence-electron chi connectivity index (χ0n) is 16.8. The van der Waals surface area contributed by atoms with Crippen LogP contribution in [0.25, 0.3) is 0 Å². The molecule has 31 heavy (non-hydrogen) atoms. The molecule has 1 amide bonds. The lowest BCUT2D eigenvalue weighted by Crippen LogP contribution is -2.50. The molecule has 1 spiro atoms. The summed E-state index contributed by atoms with van der Waals surface area (Å²) in [6.45, 7) is 0.745. The van der Waals surface area contributed by atoms with E-state index in [1.807, 2.05) is 0 Å². The van der Waals surface area contributed by atoms with Gasteiger partial charge in [-0.2, -0.15) is 0 Å². The topological polar surface area (TPSA) is 128 Å². The van der Waals surface area contributed by atoms with Crippen molar-refractivity contribution >= 4 is 15.7 Å². The molecule has 11 heteroatoms. The maximum absolute atomic E-state index is 13.5. The number of aliphatic hydroxyl groups excluding tert-OH is 1. The van der Waals surface area contributed by atoms with Gasteiger partial charge in [-0.05, 0) is 30.5 Å². The first kappa shape index (κ1) is 21.6. The Bertz CT molecular complexity index is 1200. The molecule has 2 heterocycles. The first-order valence-electron chi connectivity index (χ1n) is 9.74. The molecule has 1 aliphatic heterocycles. The van der Waals surface area contributed by atoms with Crippen molar-refractivity contribution in [1.29, 1.82) is 0 Å². The van der Waals surface area contributed by atoms with Gasteiger partial charge in [-0.25, -0.2) is 17.8 Å². The van der Waals surface area contributed by atoms with E-state index in [0.29, 0.717) is 38.4 Å². The fourth-order valence-corrected chi connectivity index (χ4v) is 5.10. The highest BCUT2D eigenvalue weighted by Crippen LogP contribution is 2.43. The van der Waals surface area contributed by atoms with Crippen LogP contribution in [0.2, 0.25) is 0 Å². The molecule has 1 aromatic heterocycles. The highest BCUT2D eigenvalue weighted by atomic mass is 32.2. The second-order valence-electron chi connectivity index (χ2n) is 8.06. The van der Waals surface area contributed by atoms with Gasteiger partial charge in [0.05, 0.1) is 36.2 Å². The van der Waals surface area contributed by atoms with Gasteiger partial charge in [0.2, 0.25) is 0 Å². The van der Waals surface area contributed by atoms with Crippen LogP contribution in [0.5, 0.6) is 0 Å². The fraction of sp³-hybridized carbons (Fsp3) is 0.450. The first-order valence-corrected chi connectivity index (χ1v) is 11.6. The first-order chi connectivity index (χ1) is 14.6. The molecular weight excluding hydrogens is 429 g/mol. The van der Waals surface area contributed by atoms with Gasteiger partial charge in [0, 0.05) is 18.9 Å². The lowest BCUT2D eigenvalue weighted by molar-refractivity contribution is -0.0323. The van der Waals surface area contributed by atoms with Crippen molar-refractivity contribution in [2.45, 2.75) is 42.3 Å². The van der Waals surface area contributed by atoms with Crippen molar-refractivity contribution in [3.8, 4) is 0 Å². The van der Waals surface area contributed by atoms with E-state index in [2.05, 4.69) is 10.3 Å². The summed E-state index contributed by atoms with van der Waals surface area (Å²) >= 11 is 0. The maximum Gasteiger partial charge on any atom is 0.270 e. The third kappa shape index (κ3) is 4.12. The van der Waals surface area contributed by atoms with E-state index in [1.54, 1.807) is 0 Å². The Morgan fingerprint density at radius 2 is 2.13 bits per heavy atom. The molecule has 0 saturated heterocycles. The number of nitrogens with zero attached hydrogens (tertiary/aromatic N) is 2. The summed E-state index contributed by atoms with van der Waals surface area (Å²) in [6.07, 6.45) is 1.21. The van der Waals surface area contributed by atoms with E-state index in [-0.39, 0.29) is 22.7 Å². The van der Waals surface area contributed by atoms with Crippen molar-refractivity contribution in [3.63, 3.8) is 0 Å². The maximum atomic E-state index is 13.5. The van der Waals surface area contributed by atoms with Crippen LogP contribution < -0.4 is 10.9 Å². The van der Waals surface area contributed by atoms with E-state index in [4.69, 9.17) is 4.74 Å². The van der Waals surface area contributed by atoms with E-state index >= 15 is 0 Å². The minimum absolute atomic E-state index is 0.109. The van der Waals surface area contributed by atoms with Crippen molar-refractivity contribution in [2.24, 2.45) is 0 Å². The van der Waals surface area contributed by atoms with Crippen LogP contribution in [-0.4, -0.2) is 54.6 Å². The van der Waals surface area contributed by atoms with Gasteiger partial charge in [0.1, 0.15) is 17.3 Å². The summed E-state index contributed by atoms with van der Waals surface area (Å²) in [5, 5.41) is 12.4. The fourth-order valence-electron chi connectivity index (χ4n) is 4.16. The van der Waals surface area contributed by atoms with Crippen molar-refractivity contribution in [2.75, 3.05) is 19.5 Å². The van der Waals surface area contributed by atoms with Crippen molar-refractivity contribution < 1.29 is 27.4 Å². The minimum atomic E-state index is -3.71. The van der Waals surface area contributed by atoms with Crippen LogP contribution >= 0.6 is 0 Å². The van der Waals surface area contributed by atoms with Gasteiger partial charge >= 0.3 is 0 Å². The zero-order chi connectivity index (χ0) is 22.4. The summed E-state index contributed by atoms with van der Waals surface area (Å²) in [5.74, 6) is -0.956. The SMILES string of the molecule is CS(=O)(=O)c1cc(F)ccc1CNC(=O)c1cc(=O)n2c(n1)C1(COCC2)CC(O)C1. The number of amides is 1. The highest BCUT2D eigenvalue weighted by molar-refractivity contribution is 7.90. The van der Waals surface area contributed by atoms with Gasteiger partial charge < -0.3 is 15.2 Å². The molecule has 166 valence electrons. The number of aliphatic hydroxyl groups is 1. The average Bonchev–Trinajstić information content (AvgIpc) is 2.86. The molecule has 1 aliphatic carbocycles. The summed E-state index contributed by atoms with van der Waals surface area (Å²) in [5.41, 5.74) is -0.913. The summed E-state index contributed by atoms with van der Waals surface area (Å²) in [6, 6.07) is 4.41. The monoisotopic (exact) mass is 451 g/mol. The smallest absolute Gasteiger partial charge is 0.270 e. The van der Waals surface area contributed by atoms with Gasteiger partial charge in [-0.3, -0.25) is 14.2 Å². The molecule has 2 aliphatic rings. The lowest BCUT2D eigenvalue weighted by Gasteiger charge is -2.44. The van der Waals surface area contributed by atoms with Crippen LogP contribution in [0.15, 0.2) is 34.0 Å². The van der Waals surface area contributed by atoms with Crippen LogP contribution in [0.4, 0.5) is 4.39 Å². The molecule has 0 atom stereocenters. The van der Waals surface area contributed by atoms with Gasteiger partial charge in [0.25, 0.3) is 11.5 Å². The number of aromatic nitrogens is 2. The summed E-state index contributed by atoms with van der Waals surface area (Å²) < 4.78 is 44.4. The standard InChI is InChI=1S/C20H22FN3O6S/c1-31(28,29)16-6-13(21)3-2-12(16)10-22-18(27)15-7-17(26)24-4-5-30-11-20(19(24)23-15)8-14(25)9-20/h2-3,6-7,14,25H,4-5,8-11H2,1H3,(H,22,27). The Kier molecular flexibility index (Phi) is 5.44. The van der Waals surface area contributed by atoms with Gasteiger partial charge in [-0.1, -0.05) is 6.07 Å². The van der Waals surface area contributed by atoms with Crippen LogP contribution in [0.1, 0.15) is 34.7 Å². The van der Waals surface area contributed by atoms with Crippen molar-refractivity contribution in [3.05, 3.63) is 57.5 Å². The third-order valence-electron chi connectivity index (χ3n) is 5.67. The van der Waals surface area contributed by atoms with E-state index in [1.165, 1.54) is 10.6 Å². The minimum Gasteiger partial charge on any atom is -0.393 e. The Labute approximate surface area is 177 Å². The largest absolute Gasteiger partial charge is 0.393 e. The predicted octanol–water partition coefficient (Wildman–Crippen LogP) is 0.139. The molecular formula is C20H22FN3O6S. The zero-order valence-corrected chi connectivity index (χ0v) is 17.6. The van der Waals surface area contributed by atoms with E-state index < -0.39 is 38.6 Å². The molecule has 0 unspecified atom stereocenters. The molecule has 2 N–H and O–H groups in total. The highest BCUT2D eigenvalue weighted by Gasteiger charge is 2.49. The van der Waals surface area contributed by atoms with Gasteiger partial charge in [0.15, 0.2) is 9.84 Å². The Morgan fingerprint density at radius 3 is 2.81 bits per heavy atom. The number of halogens is 1. The predicted molar refractivity (Wildman–Crippen MR) is 107 cm³/mol. The quantitative estimate of drug-likeness (QED) is 0.677. The second-order valence-corrected chi connectivity index (χ2v) is 10.0. The molecule has 9 nitrogen and oxygen atoms in total. The average molecular weight is 451 g/mol. The number of hydrogen-bond donors (Lipinski definition) is 2. The second kappa shape index (κ2) is 7.81.